The highest BCUT2D eigenvalue weighted by Crippen LogP contribution is 2.06. The maximum atomic E-state index is 5.41. The molecule has 0 saturated carbocycles. The lowest BCUT2D eigenvalue weighted by Gasteiger charge is -2.32. The Labute approximate surface area is 111 Å². The van der Waals surface area contributed by atoms with Gasteiger partial charge in [-0.15, -0.1) is 0 Å². The van der Waals surface area contributed by atoms with E-state index in [0.717, 1.165) is 13.1 Å². The average Bonchev–Trinajstić information content (AvgIpc) is 2.35. The molecule has 0 bridgehead atoms. The Kier molecular flexibility index (Phi) is 10.6. The first-order valence-electron chi connectivity index (χ1n) is 6.36. The average molecular weight is 263 g/mol. The molecule has 2 atom stereocenters. The van der Waals surface area contributed by atoms with Crippen LogP contribution in [0.2, 0.25) is 0 Å². The van der Waals surface area contributed by atoms with Gasteiger partial charge in [0.15, 0.2) is 0 Å². The van der Waals surface area contributed by atoms with Crippen molar-refractivity contribution >= 4 is 0 Å². The van der Waals surface area contributed by atoms with Gasteiger partial charge in [-0.05, 0) is 13.8 Å². The molecule has 0 heterocycles. The summed E-state index contributed by atoms with van der Waals surface area (Å²) in [6.45, 7) is 7.18. The van der Waals surface area contributed by atoms with Crippen LogP contribution in [0.3, 0.4) is 0 Å². The van der Waals surface area contributed by atoms with E-state index in [1.807, 2.05) is 0 Å². The quantitative estimate of drug-likeness (QED) is 0.556. The second-order valence-corrected chi connectivity index (χ2v) is 4.67. The highest BCUT2D eigenvalue weighted by molar-refractivity contribution is 4.73. The highest BCUT2D eigenvalue weighted by atomic mass is 16.5. The van der Waals surface area contributed by atoms with Gasteiger partial charge < -0.3 is 18.9 Å². The second kappa shape index (κ2) is 10.7. The fourth-order valence-electron chi connectivity index (χ4n) is 1.78. The van der Waals surface area contributed by atoms with Crippen LogP contribution in [-0.2, 0) is 18.9 Å². The van der Waals surface area contributed by atoms with E-state index in [9.17, 15) is 0 Å². The van der Waals surface area contributed by atoms with E-state index in [2.05, 4.69) is 18.7 Å². The van der Waals surface area contributed by atoms with Gasteiger partial charge in [0, 0.05) is 47.6 Å². The maximum absolute atomic E-state index is 5.41. The zero-order chi connectivity index (χ0) is 14.0. The molecule has 0 aliphatic heterocycles. The molecule has 5 nitrogen and oxygen atoms in total. The summed E-state index contributed by atoms with van der Waals surface area (Å²) in [4.78, 5) is 2.32. The molecule has 0 aliphatic carbocycles. The molecule has 0 aromatic heterocycles. The summed E-state index contributed by atoms with van der Waals surface area (Å²) in [5, 5.41) is 0. The summed E-state index contributed by atoms with van der Waals surface area (Å²) in [6.07, 6.45) is 0.162. The van der Waals surface area contributed by atoms with E-state index in [4.69, 9.17) is 18.9 Å². The van der Waals surface area contributed by atoms with Gasteiger partial charge in [0.2, 0.25) is 0 Å². The van der Waals surface area contributed by atoms with Crippen LogP contribution in [0.1, 0.15) is 13.8 Å². The minimum Gasteiger partial charge on any atom is -0.382 e. The van der Waals surface area contributed by atoms with E-state index in [-0.39, 0.29) is 12.2 Å². The molecule has 0 aliphatic rings. The summed E-state index contributed by atoms with van der Waals surface area (Å²) >= 11 is 0. The first kappa shape index (κ1) is 17.8. The zero-order valence-electron chi connectivity index (χ0n) is 12.6. The van der Waals surface area contributed by atoms with Gasteiger partial charge in [0.25, 0.3) is 0 Å². The Morgan fingerprint density at radius 1 is 0.778 bits per heavy atom. The van der Waals surface area contributed by atoms with Crippen molar-refractivity contribution in [2.45, 2.75) is 32.1 Å². The van der Waals surface area contributed by atoms with Crippen molar-refractivity contribution in [1.82, 2.24) is 4.90 Å². The number of methoxy groups -OCH3 is 4. The normalized spacial score (nSPS) is 15.3. The summed E-state index contributed by atoms with van der Waals surface area (Å²) in [6, 6.07) is 0.425. The lowest BCUT2D eigenvalue weighted by Crippen LogP contribution is -2.45. The minimum absolute atomic E-state index is 0.0810. The number of hydrogen-bond acceptors (Lipinski definition) is 5. The minimum atomic E-state index is 0.0810. The van der Waals surface area contributed by atoms with E-state index in [0.29, 0.717) is 19.3 Å². The largest absolute Gasteiger partial charge is 0.382 e. The van der Waals surface area contributed by atoms with Gasteiger partial charge in [-0.2, -0.15) is 0 Å². The molecule has 18 heavy (non-hydrogen) atoms. The van der Waals surface area contributed by atoms with Gasteiger partial charge in [-0.25, -0.2) is 0 Å². The Balaban J connectivity index is 4.35. The third-order valence-corrected chi connectivity index (χ3v) is 2.98. The van der Waals surface area contributed by atoms with Crippen molar-refractivity contribution in [3.05, 3.63) is 0 Å². The fraction of sp³-hybridized carbons (Fsp3) is 1.00. The molecule has 0 spiro atoms. The first-order chi connectivity index (χ1) is 8.58. The van der Waals surface area contributed by atoms with Crippen LogP contribution in [0.25, 0.3) is 0 Å². The summed E-state index contributed by atoms with van der Waals surface area (Å²) in [5.74, 6) is 0. The standard InChI is InChI=1S/C13H29NO4/c1-11(2)14(7-12(17-5)9-15-3)8-13(18-6)10-16-4/h11-13H,7-10H2,1-6H3. The molecule has 5 heteroatoms. The van der Waals surface area contributed by atoms with Crippen molar-refractivity contribution in [2.24, 2.45) is 0 Å². The molecule has 0 rings (SSSR count). The van der Waals surface area contributed by atoms with Gasteiger partial charge in [-0.1, -0.05) is 0 Å². The third kappa shape index (κ3) is 7.28. The monoisotopic (exact) mass is 263 g/mol. The van der Waals surface area contributed by atoms with Gasteiger partial charge in [0.1, 0.15) is 0 Å². The molecule has 0 saturated heterocycles. The molecule has 0 radical (unpaired) electrons. The molecule has 0 aromatic rings. The SMILES string of the molecule is COCC(CN(CC(COC)OC)C(C)C)OC. The van der Waals surface area contributed by atoms with Crippen LogP contribution in [0.15, 0.2) is 0 Å². The molecular formula is C13H29NO4. The lowest BCUT2D eigenvalue weighted by atomic mass is 10.2. The van der Waals surface area contributed by atoms with Crippen LogP contribution >= 0.6 is 0 Å². The smallest absolute Gasteiger partial charge is 0.0931 e. The van der Waals surface area contributed by atoms with Gasteiger partial charge in [0.05, 0.1) is 25.4 Å². The Morgan fingerprint density at radius 2 is 1.17 bits per heavy atom. The highest BCUT2D eigenvalue weighted by Gasteiger charge is 2.20. The fourth-order valence-corrected chi connectivity index (χ4v) is 1.78. The van der Waals surface area contributed by atoms with E-state index in [1.165, 1.54) is 0 Å². The molecule has 0 N–H and O–H groups in total. The van der Waals surface area contributed by atoms with E-state index in [1.54, 1.807) is 28.4 Å². The van der Waals surface area contributed by atoms with E-state index >= 15 is 0 Å². The first-order valence-corrected chi connectivity index (χ1v) is 6.36. The maximum Gasteiger partial charge on any atom is 0.0931 e. The molecule has 110 valence electrons. The van der Waals surface area contributed by atoms with Crippen molar-refractivity contribution in [2.75, 3.05) is 54.7 Å². The van der Waals surface area contributed by atoms with Crippen molar-refractivity contribution in [3.8, 4) is 0 Å². The summed E-state index contributed by atoms with van der Waals surface area (Å²) in [5.41, 5.74) is 0. The van der Waals surface area contributed by atoms with Crippen LogP contribution in [-0.4, -0.2) is 77.9 Å². The number of ether oxygens (including phenoxy) is 4. The topological polar surface area (TPSA) is 40.2 Å². The summed E-state index contributed by atoms with van der Waals surface area (Å²) < 4.78 is 21.1. The molecule has 0 fully saturated rings. The summed E-state index contributed by atoms with van der Waals surface area (Å²) in [7, 11) is 6.81. The van der Waals surface area contributed by atoms with E-state index < -0.39 is 0 Å². The number of nitrogens with zero attached hydrogens (tertiary/aromatic N) is 1. The van der Waals surface area contributed by atoms with Crippen LogP contribution in [0.5, 0.6) is 0 Å². The predicted molar refractivity (Wildman–Crippen MR) is 72.1 cm³/mol. The van der Waals surface area contributed by atoms with Crippen molar-refractivity contribution in [1.29, 1.82) is 0 Å². The van der Waals surface area contributed by atoms with Crippen LogP contribution in [0.4, 0.5) is 0 Å². The Hall–Kier alpha value is -0.200. The van der Waals surface area contributed by atoms with Gasteiger partial charge >= 0.3 is 0 Å². The number of rotatable bonds is 11. The van der Waals surface area contributed by atoms with Crippen LogP contribution in [0, 0.1) is 0 Å². The lowest BCUT2D eigenvalue weighted by molar-refractivity contribution is -0.0305. The zero-order valence-corrected chi connectivity index (χ0v) is 12.6. The molecular weight excluding hydrogens is 234 g/mol. The van der Waals surface area contributed by atoms with Crippen molar-refractivity contribution in [3.63, 3.8) is 0 Å². The third-order valence-electron chi connectivity index (χ3n) is 2.98. The molecule has 2 unspecified atom stereocenters. The molecule has 0 amide bonds. The van der Waals surface area contributed by atoms with Gasteiger partial charge in [-0.3, -0.25) is 4.90 Å². The second-order valence-electron chi connectivity index (χ2n) is 4.67. The molecule has 0 aromatic carbocycles. The Morgan fingerprint density at radius 3 is 1.39 bits per heavy atom. The van der Waals surface area contributed by atoms with Crippen LogP contribution < -0.4 is 0 Å². The number of hydrogen-bond donors (Lipinski definition) is 0. The predicted octanol–water partition coefficient (Wildman–Crippen LogP) is 1.02. The van der Waals surface area contributed by atoms with Crippen molar-refractivity contribution < 1.29 is 18.9 Å². The Bertz CT molecular complexity index is 174.